The Labute approximate surface area is 160 Å². The molecular formula is C22H17ClN2O2. The third-order valence-corrected chi connectivity index (χ3v) is 4.80. The lowest BCUT2D eigenvalue weighted by Crippen LogP contribution is -2.33. The first kappa shape index (κ1) is 17.2. The Balaban J connectivity index is 1.76. The summed E-state index contributed by atoms with van der Waals surface area (Å²) in [7, 11) is 0. The average Bonchev–Trinajstić information content (AvgIpc) is 3.25. The van der Waals surface area contributed by atoms with Gasteiger partial charge in [-0.05, 0) is 48.9 Å². The minimum absolute atomic E-state index is 0.178. The lowest BCUT2D eigenvalue weighted by Gasteiger charge is -2.00. The van der Waals surface area contributed by atoms with Crippen LogP contribution in [-0.2, 0) is 0 Å². The molecule has 1 N–H and O–H groups in total. The summed E-state index contributed by atoms with van der Waals surface area (Å²) in [4.78, 5) is 12.8. The molecule has 4 rings (SSSR count). The van der Waals surface area contributed by atoms with E-state index in [1.807, 2.05) is 67.6 Å². The van der Waals surface area contributed by atoms with Gasteiger partial charge in [0.25, 0.3) is 5.56 Å². The first-order chi connectivity index (χ1) is 13.0. The van der Waals surface area contributed by atoms with Crippen molar-refractivity contribution in [3.05, 3.63) is 97.9 Å². The quantitative estimate of drug-likeness (QED) is 0.593. The number of aromatic nitrogens is 2. The number of rotatable bonds is 3. The van der Waals surface area contributed by atoms with E-state index < -0.39 is 0 Å². The Morgan fingerprint density at radius 1 is 1.11 bits per heavy atom. The average molecular weight is 377 g/mol. The number of hydrogen-bond donors (Lipinski definition) is 1. The fourth-order valence-corrected chi connectivity index (χ4v) is 3.06. The highest BCUT2D eigenvalue weighted by atomic mass is 35.5. The summed E-state index contributed by atoms with van der Waals surface area (Å²) in [5, 5.41) is 4.68. The smallest absolute Gasteiger partial charge is 0.279 e. The SMILES string of the molecule is C=c1[nH]n(-c2ccccc2)c(=O)c1=Cc1ccc(-c2ccc(C)c(Cl)c2)o1. The monoisotopic (exact) mass is 376 g/mol. The molecule has 0 amide bonds. The van der Waals surface area contributed by atoms with E-state index in [0.717, 1.165) is 16.8 Å². The second-order valence-electron chi connectivity index (χ2n) is 6.29. The molecule has 4 nitrogen and oxygen atoms in total. The van der Waals surface area contributed by atoms with Crippen LogP contribution in [0.5, 0.6) is 0 Å². The van der Waals surface area contributed by atoms with Gasteiger partial charge in [-0.25, -0.2) is 4.68 Å². The lowest BCUT2D eigenvalue weighted by atomic mass is 10.1. The van der Waals surface area contributed by atoms with Gasteiger partial charge in [0, 0.05) is 10.6 Å². The van der Waals surface area contributed by atoms with Crippen molar-refractivity contribution in [1.29, 1.82) is 0 Å². The maximum absolute atomic E-state index is 12.8. The van der Waals surface area contributed by atoms with Crippen molar-refractivity contribution < 1.29 is 4.42 Å². The summed E-state index contributed by atoms with van der Waals surface area (Å²) >= 11 is 6.20. The molecule has 0 bridgehead atoms. The molecule has 0 atom stereocenters. The number of benzene rings is 2. The summed E-state index contributed by atoms with van der Waals surface area (Å²) in [6, 6.07) is 18.8. The van der Waals surface area contributed by atoms with Crippen molar-refractivity contribution in [2.24, 2.45) is 0 Å². The van der Waals surface area contributed by atoms with Crippen LogP contribution < -0.4 is 16.1 Å². The number of hydrogen-bond acceptors (Lipinski definition) is 2. The van der Waals surface area contributed by atoms with Gasteiger partial charge in [0.15, 0.2) is 0 Å². The molecule has 27 heavy (non-hydrogen) atoms. The maximum atomic E-state index is 12.8. The van der Waals surface area contributed by atoms with Crippen molar-refractivity contribution in [2.75, 3.05) is 0 Å². The number of aromatic amines is 1. The van der Waals surface area contributed by atoms with Gasteiger partial charge in [0.1, 0.15) is 11.5 Å². The molecule has 0 aliphatic rings. The Kier molecular flexibility index (Phi) is 4.34. The second kappa shape index (κ2) is 6.82. The van der Waals surface area contributed by atoms with Gasteiger partial charge in [0.05, 0.1) is 16.3 Å². The zero-order valence-electron chi connectivity index (χ0n) is 14.7. The first-order valence-corrected chi connectivity index (χ1v) is 8.84. The molecule has 0 aliphatic heterocycles. The first-order valence-electron chi connectivity index (χ1n) is 8.46. The number of nitrogens with one attached hydrogen (secondary N) is 1. The molecule has 0 saturated carbocycles. The van der Waals surface area contributed by atoms with Crippen LogP contribution in [-0.4, -0.2) is 9.78 Å². The molecule has 2 aromatic carbocycles. The van der Waals surface area contributed by atoms with Gasteiger partial charge in [-0.2, -0.15) is 0 Å². The van der Waals surface area contributed by atoms with Crippen LogP contribution in [0.2, 0.25) is 5.02 Å². The van der Waals surface area contributed by atoms with Gasteiger partial charge in [-0.1, -0.05) is 48.5 Å². The minimum atomic E-state index is -0.178. The van der Waals surface area contributed by atoms with E-state index in [2.05, 4.69) is 11.7 Å². The molecule has 0 fully saturated rings. The van der Waals surface area contributed by atoms with Gasteiger partial charge in [-0.3, -0.25) is 9.89 Å². The van der Waals surface area contributed by atoms with E-state index in [9.17, 15) is 4.79 Å². The summed E-state index contributed by atoms with van der Waals surface area (Å²) in [6.07, 6.45) is 1.69. The van der Waals surface area contributed by atoms with Crippen molar-refractivity contribution in [2.45, 2.75) is 6.92 Å². The Morgan fingerprint density at radius 2 is 1.89 bits per heavy atom. The van der Waals surface area contributed by atoms with Crippen molar-refractivity contribution in [1.82, 2.24) is 9.78 Å². The fraction of sp³-hybridized carbons (Fsp3) is 0.0455. The van der Waals surface area contributed by atoms with Crippen LogP contribution in [0.25, 0.3) is 29.7 Å². The number of H-pyrrole nitrogens is 1. The van der Waals surface area contributed by atoms with Crippen LogP contribution in [0.1, 0.15) is 11.3 Å². The number of para-hydroxylation sites is 1. The zero-order valence-corrected chi connectivity index (χ0v) is 15.5. The molecule has 0 saturated heterocycles. The second-order valence-corrected chi connectivity index (χ2v) is 6.70. The van der Waals surface area contributed by atoms with Crippen LogP contribution >= 0.6 is 11.6 Å². The van der Waals surface area contributed by atoms with Crippen LogP contribution in [0, 0.1) is 6.92 Å². The molecule has 5 heteroatoms. The van der Waals surface area contributed by atoms with E-state index >= 15 is 0 Å². The molecule has 4 aromatic rings. The highest BCUT2D eigenvalue weighted by Gasteiger charge is 2.08. The predicted molar refractivity (Wildman–Crippen MR) is 109 cm³/mol. The molecule has 134 valence electrons. The van der Waals surface area contributed by atoms with Crippen molar-refractivity contribution in [3.63, 3.8) is 0 Å². The maximum Gasteiger partial charge on any atom is 0.279 e. The van der Waals surface area contributed by atoms with Gasteiger partial charge >= 0.3 is 0 Å². The Bertz CT molecular complexity index is 1280. The van der Waals surface area contributed by atoms with Gasteiger partial charge in [-0.15, -0.1) is 0 Å². The lowest BCUT2D eigenvalue weighted by molar-refractivity contribution is 0.571. The topological polar surface area (TPSA) is 50.9 Å². The van der Waals surface area contributed by atoms with Crippen LogP contribution in [0.15, 0.2) is 69.9 Å². The highest BCUT2D eigenvalue weighted by molar-refractivity contribution is 6.31. The van der Waals surface area contributed by atoms with Gasteiger partial charge in [0.2, 0.25) is 0 Å². The third-order valence-electron chi connectivity index (χ3n) is 4.39. The summed E-state index contributed by atoms with van der Waals surface area (Å²) in [5.74, 6) is 1.26. The fourth-order valence-electron chi connectivity index (χ4n) is 2.88. The van der Waals surface area contributed by atoms with Crippen LogP contribution in [0.4, 0.5) is 0 Å². The standard InChI is InChI=1S/C22H17ClN2O2/c1-14-8-9-16(12-20(14)23)21-11-10-18(27-21)13-19-15(2)24-25(22(19)26)17-6-4-3-5-7-17/h3-13,24H,2H2,1H3. The Hall–Kier alpha value is -3.24. The molecule has 0 spiro atoms. The summed E-state index contributed by atoms with van der Waals surface area (Å²) < 4.78 is 7.36. The number of nitrogens with zero attached hydrogens (tertiary/aromatic N) is 1. The zero-order chi connectivity index (χ0) is 19.0. The molecule has 2 heterocycles. The molecule has 0 radical (unpaired) electrons. The molecule has 0 unspecified atom stereocenters. The largest absolute Gasteiger partial charge is 0.457 e. The summed E-state index contributed by atoms with van der Waals surface area (Å²) in [5.41, 5.74) is 2.47. The molecule has 0 aliphatic carbocycles. The predicted octanol–water partition coefficient (Wildman–Crippen LogP) is 3.63. The van der Waals surface area contributed by atoms with E-state index in [0.29, 0.717) is 27.1 Å². The van der Waals surface area contributed by atoms with E-state index in [-0.39, 0.29) is 5.56 Å². The molecule has 2 aromatic heterocycles. The normalized spacial score (nSPS) is 11.9. The third kappa shape index (κ3) is 3.27. The van der Waals surface area contributed by atoms with Crippen molar-refractivity contribution in [3.8, 4) is 17.0 Å². The Morgan fingerprint density at radius 3 is 2.63 bits per heavy atom. The van der Waals surface area contributed by atoms with Gasteiger partial charge < -0.3 is 4.42 Å². The molecular weight excluding hydrogens is 360 g/mol. The van der Waals surface area contributed by atoms with E-state index in [4.69, 9.17) is 16.0 Å². The minimum Gasteiger partial charge on any atom is -0.457 e. The highest BCUT2D eigenvalue weighted by Crippen LogP contribution is 2.27. The van der Waals surface area contributed by atoms with E-state index in [1.165, 1.54) is 4.68 Å². The number of furan rings is 1. The van der Waals surface area contributed by atoms with E-state index in [1.54, 1.807) is 6.08 Å². The summed E-state index contributed by atoms with van der Waals surface area (Å²) in [6.45, 7) is 5.89. The number of halogens is 1. The number of aryl methyl sites for hydroxylation is 1. The van der Waals surface area contributed by atoms with Crippen LogP contribution in [0.3, 0.4) is 0 Å². The van der Waals surface area contributed by atoms with Crippen molar-refractivity contribution >= 4 is 24.3 Å².